The van der Waals surface area contributed by atoms with Gasteiger partial charge in [-0.1, -0.05) is 0 Å². The van der Waals surface area contributed by atoms with E-state index in [9.17, 15) is 35.4 Å². The third-order valence-corrected chi connectivity index (χ3v) is 3.53. The molecule has 0 aromatic carbocycles. The Morgan fingerprint density at radius 2 is 1.65 bits per heavy atom. The number of aliphatic hydroxyl groups excluding tert-OH is 8. The molecule has 0 saturated carbocycles. The summed E-state index contributed by atoms with van der Waals surface area (Å²) in [5.41, 5.74) is 0. The van der Waals surface area contributed by atoms with Gasteiger partial charge in [0.2, 0.25) is 0 Å². The molecule has 11 heteroatoms. The summed E-state index contributed by atoms with van der Waals surface area (Å²) in [6.45, 7) is -1.64. The average molecular weight is 342 g/mol. The van der Waals surface area contributed by atoms with Crippen molar-refractivity contribution < 1.29 is 55.1 Å². The number of ether oxygens (including phenoxy) is 2. The van der Waals surface area contributed by atoms with Crippen molar-refractivity contribution >= 4 is 6.29 Å². The number of hydrogen-bond acceptors (Lipinski definition) is 11. The third-order valence-electron chi connectivity index (χ3n) is 3.53. The Bertz CT molecular complexity index is 365. The van der Waals surface area contributed by atoms with Crippen molar-refractivity contribution in [2.24, 2.45) is 0 Å². The van der Waals surface area contributed by atoms with Crippen molar-refractivity contribution in [3.05, 3.63) is 0 Å². The molecular weight excluding hydrogens is 320 g/mol. The fourth-order valence-electron chi connectivity index (χ4n) is 2.11. The van der Waals surface area contributed by atoms with E-state index in [0.717, 1.165) is 0 Å². The van der Waals surface area contributed by atoms with Gasteiger partial charge in [-0.15, -0.1) is 0 Å². The predicted molar refractivity (Wildman–Crippen MR) is 69.8 cm³/mol. The van der Waals surface area contributed by atoms with Crippen molar-refractivity contribution in [1.82, 2.24) is 0 Å². The van der Waals surface area contributed by atoms with Crippen LogP contribution in [0.1, 0.15) is 0 Å². The van der Waals surface area contributed by atoms with Crippen molar-refractivity contribution in [3.63, 3.8) is 0 Å². The molecule has 23 heavy (non-hydrogen) atoms. The molecule has 1 aliphatic rings. The highest BCUT2D eigenvalue weighted by Gasteiger charge is 2.46. The van der Waals surface area contributed by atoms with Crippen LogP contribution in [0.2, 0.25) is 0 Å². The molecule has 0 radical (unpaired) electrons. The van der Waals surface area contributed by atoms with Crippen LogP contribution < -0.4 is 0 Å². The van der Waals surface area contributed by atoms with Gasteiger partial charge in [-0.3, -0.25) is 0 Å². The summed E-state index contributed by atoms with van der Waals surface area (Å²) in [4.78, 5) is 10.5. The molecule has 0 aromatic heterocycles. The van der Waals surface area contributed by atoms with Crippen LogP contribution in [0.3, 0.4) is 0 Å². The normalized spacial score (nSPS) is 37.0. The van der Waals surface area contributed by atoms with Gasteiger partial charge >= 0.3 is 0 Å². The van der Waals surface area contributed by atoms with Crippen molar-refractivity contribution in [2.45, 2.75) is 55.1 Å². The number of aliphatic hydroxyl groups is 8. The molecule has 0 aromatic rings. The topological polar surface area (TPSA) is 197 Å². The van der Waals surface area contributed by atoms with Crippen molar-refractivity contribution in [2.75, 3.05) is 13.2 Å². The fourth-order valence-corrected chi connectivity index (χ4v) is 2.11. The van der Waals surface area contributed by atoms with Crippen LogP contribution in [0.5, 0.6) is 0 Å². The molecule has 0 aliphatic carbocycles. The first kappa shape index (κ1) is 20.3. The van der Waals surface area contributed by atoms with Crippen LogP contribution in [0, 0.1) is 0 Å². The predicted octanol–water partition coefficient (Wildman–Crippen LogP) is -5.55. The lowest BCUT2D eigenvalue weighted by Gasteiger charge is -2.42. The van der Waals surface area contributed by atoms with Gasteiger partial charge in [0.15, 0.2) is 12.6 Å². The van der Waals surface area contributed by atoms with Gasteiger partial charge in [-0.25, -0.2) is 0 Å². The zero-order valence-corrected chi connectivity index (χ0v) is 12.0. The minimum absolute atomic E-state index is 0.0294. The molecule has 1 unspecified atom stereocenters. The maximum Gasteiger partial charge on any atom is 0.187 e. The Hall–Kier alpha value is -0.730. The molecule has 1 rings (SSSR count). The van der Waals surface area contributed by atoms with E-state index < -0.39 is 68.3 Å². The first-order chi connectivity index (χ1) is 10.8. The van der Waals surface area contributed by atoms with Crippen LogP contribution in [-0.2, 0) is 14.3 Å². The highest BCUT2D eigenvalue weighted by Crippen LogP contribution is 2.24. The van der Waals surface area contributed by atoms with Gasteiger partial charge in [0.25, 0.3) is 0 Å². The smallest absolute Gasteiger partial charge is 0.187 e. The molecular formula is C12H22O11. The molecule has 1 heterocycles. The van der Waals surface area contributed by atoms with E-state index in [2.05, 4.69) is 0 Å². The summed E-state index contributed by atoms with van der Waals surface area (Å²) in [6.07, 6.45) is -15.7. The van der Waals surface area contributed by atoms with Crippen LogP contribution in [0.15, 0.2) is 0 Å². The van der Waals surface area contributed by atoms with E-state index >= 15 is 0 Å². The first-order valence-electron chi connectivity index (χ1n) is 6.84. The van der Waals surface area contributed by atoms with E-state index in [1.165, 1.54) is 0 Å². The van der Waals surface area contributed by atoms with Gasteiger partial charge in [-0.05, 0) is 0 Å². The average Bonchev–Trinajstić information content (AvgIpc) is 2.57. The molecule has 11 nitrogen and oxygen atoms in total. The Labute approximate surface area is 130 Å². The van der Waals surface area contributed by atoms with Crippen molar-refractivity contribution in [3.8, 4) is 0 Å². The molecule has 1 aliphatic heterocycles. The van der Waals surface area contributed by atoms with E-state index in [4.69, 9.17) is 19.7 Å². The molecule has 0 amide bonds. The lowest BCUT2D eigenvalue weighted by molar-refractivity contribution is -0.326. The highest BCUT2D eigenvalue weighted by molar-refractivity contribution is 5.56. The summed E-state index contributed by atoms with van der Waals surface area (Å²) in [6, 6.07) is 0. The van der Waals surface area contributed by atoms with E-state index in [0.29, 0.717) is 0 Å². The molecule has 9 atom stereocenters. The molecule has 1 saturated heterocycles. The summed E-state index contributed by atoms with van der Waals surface area (Å²) < 4.78 is 10.1. The van der Waals surface area contributed by atoms with Crippen molar-refractivity contribution in [1.29, 1.82) is 0 Å². The van der Waals surface area contributed by atoms with Gasteiger partial charge in [0, 0.05) is 0 Å². The number of carbonyl (C=O) groups is 1. The number of aldehydes is 1. The number of rotatable bonds is 8. The van der Waals surface area contributed by atoms with Crippen LogP contribution >= 0.6 is 0 Å². The molecule has 1 fully saturated rings. The monoisotopic (exact) mass is 342 g/mol. The molecule has 8 N–H and O–H groups in total. The summed E-state index contributed by atoms with van der Waals surface area (Å²) in [5, 5.41) is 75.7. The fraction of sp³-hybridized carbons (Fsp3) is 0.917. The van der Waals surface area contributed by atoms with Crippen LogP contribution in [-0.4, -0.2) is 115 Å². The highest BCUT2D eigenvalue weighted by atomic mass is 16.7. The molecule has 0 spiro atoms. The second-order valence-corrected chi connectivity index (χ2v) is 5.17. The Morgan fingerprint density at radius 1 is 1.04 bits per heavy atom. The second kappa shape index (κ2) is 8.94. The van der Waals surface area contributed by atoms with Gasteiger partial charge < -0.3 is 55.1 Å². The Kier molecular flexibility index (Phi) is 7.89. The SMILES string of the molecule is O=C[C@H](O)[C@@H](O)[C@@H](O[C@H]1O[C@H](CO)[C@H](O)C(O)[C@H]1O)[C@H](O)CO. The zero-order valence-electron chi connectivity index (χ0n) is 12.0. The first-order valence-corrected chi connectivity index (χ1v) is 6.84. The standard InChI is InChI=1S/C12H22O11/c13-1-4(16)7(18)11(5(17)2-14)23-12-10(21)9(20)8(19)6(3-15)22-12/h1,4-12,14-21H,2-3H2/t4-,5+,6+,7+,8-,9?,10+,11-,12+/m0/s1. The Morgan fingerprint density at radius 3 is 2.13 bits per heavy atom. The lowest BCUT2D eigenvalue weighted by atomic mass is 9.98. The third kappa shape index (κ3) is 4.64. The van der Waals surface area contributed by atoms with Crippen LogP contribution in [0.4, 0.5) is 0 Å². The lowest BCUT2D eigenvalue weighted by Crippen LogP contribution is -2.61. The van der Waals surface area contributed by atoms with Crippen LogP contribution in [0.25, 0.3) is 0 Å². The minimum atomic E-state index is -1.97. The molecule has 0 bridgehead atoms. The summed E-state index contributed by atoms with van der Waals surface area (Å²) in [7, 11) is 0. The Balaban J connectivity index is 2.91. The molecule has 136 valence electrons. The second-order valence-electron chi connectivity index (χ2n) is 5.17. The summed E-state index contributed by atoms with van der Waals surface area (Å²) in [5.74, 6) is 0. The number of carbonyl (C=O) groups excluding carboxylic acids is 1. The largest absolute Gasteiger partial charge is 0.394 e. The maximum atomic E-state index is 10.5. The zero-order chi connectivity index (χ0) is 17.7. The number of hydrogen-bond donors (Lipinski definition) is 8. The van der Waals surface area contributed by atoms with E-state index in [-0.39, 0.29) is 6.29 Å². The van der Waals surface area contributed by atoms with Gasteiger partial charge in [0.1, 0.15) is 48.8 Å². The quantitative estimate of drug-likeness (QED) is 0.196. The summed E-state index contributed by atoms with van der Waals surface area (Å²) >= 11 is 0. The van der Waals surface area contributed by atoms with Gasteiger partial charge in [-0.2, -0.15) is 0 Å². The van der Waals surface area contributed by atoms with Gasteiger partial charge in [0.05, 0.1) is 13.2 Å². The van der Waals surface area contributed by atoms with E-state index in [1.54, 1.807) is 0 Å². The maximum absolute atomic E-state index is 10.5. The minimum Gasteiger partial charge on any atom is -0.394 e. The van der Waals surface area contributed by atoms with E-state index in [1.807, 2.05) is 0 Å².